The monoisotopic (exact) mass is 401 g/mol. The molecule has 1 amide bonds. The highest BCUT2D eigenvalue weighted by atomic mass is 32.1. The Morgan fingerprint density at radius 1 is 1.39 bits per heavy atom. The number of benzene rings is 1. The molecule has 0 saturated heterocycles. The van der Waals surface area contributed by atoms with Gasteiger partial charge in [-0.15, -0.1) is 11.3 Å². The third kappa shape index (κ3) is 5.36. The van der Waals surface area contributed by atoms with Crippen LogP contribution in [0.2, 0.25) is 0 Å². The quantitative estimate of drug-likeness (QED) is 0.600. The van der Waals surface area contributed by atoms with Gasteiger partial charge < -0.3 is 15.2 Å². The predicted molar refractivity (Wildman–Crippen MR) is 114 cm³/mol. The van der Waals surface area contributed by atoms with Crippen LogP contribution in [0, 0.1) is 18.8 Å². The average molecular weight is 402 g/mol. The molecule has 4 atom stereocenters. The smallest absolute Gasteiger partial charge is 0.220 e. The van der Waals surface area contributed by atoms with E-state index in [1.807, 2.05) is 25.1 Å². The SMILES string of the molecule is CCC(C)COc1ccc(C(CO)NC(=O)CC2CC2c2cccs2)c(C)c1. The second-order valence-corrected chi connectivity index (χ2v) is 8.95. The number of aryl methyl sites for hydroxylation is 1. The summed E-state index contributed by atoms with van der Waals surface area (Å²) in [6.45, 7) is 6.90. The number of aliphatic hydroxyl groups is 1. The van der Waals surface area contributed by atoms with Gasteiger partial charge in [-0.25, -0.2) is 0 Å². The van der Waals surface area contributed by atoms with Crippen LogP contribution in [0.1, 0.15) is 61.1 Å². The lowest BCUT2D eigenvalue weighted by molar-refractivity contribution is -0.122. The van der Waals surface area contributed by atoms with Gasteiger partial charge in [0.2, 0.25) is 5.91 Å². The summed E-state index contributed by atoms with van der Waals surface area (Å²) in [6, 6.07) is 9.70. The van der Waals surface area contributed by atoms with E-state index in [2.05, 4.69) is 36.7 Å². The van der Waals surface area contributed by atoms with Crippen LogP contribution in [0.3, 0.4) is 0 Å². The van der Waals surface area contributed by atoms with Crippen LogP contribution < -0.4 is 10.1 Å². The lowest BCUT2D eigenvalue weighted by atomic mass is 10.0. The highest BCUT2D eigenvalue weighted by Gasteiger charge is 2.40. The van der Waals surface area contributed by atoms with Crippen molar-refractivity contribution >= 4 is 17.2 Å². The molecule has 0 radical (unpaired) electrons. The fourth-order valence-electron chi connectivity index (χ4n) is 3.52. The molecule has 1 heterocycles. The number of rotatable bonds is 10. The van der Waals surface area contributed by atoms with Crippen molar-refractivity contribution in [3.63, 3.8) is 0 Å². The Morgan fingerprint density at radius 2 is 2.21 bits per heavy atom. The molecule has 5 heteroatoms. The van der Waals surface area contributed by atoms with Gasteiger partial charge >= 0.3 is 0 Å². The maximum atomic E-state index is 12.5. The van der Waals surface area contributed by atoms with Gasteiger partial charge in [-0.1, -0.05) is 32.4 Å². The van der Waals surface area contributed by atoms with E-state index in [1.54, 1.807) is 11.3 Å². The van der Waals surface area contributed by atoms with Crippen molar-refractivity contribution < 1.29 is 14.6 Å². The molecule has 2 N–H and O–H groups in total. The molecule has 0 aliphatic heterocycles. The zero-order valence-corrected chi connectivity index (χ0v) is 17.8. The Bertz CT molecular complexity index is 774. The second-order valence-electron chi connectivity index (χ2n) is 7.97. The summed E-state index contributed by atoms with van der Waals surface area (Å²) in [4.78, 5) is 13.9. The molecule has 0 spiro atoms. The first-order valence-electron chi connectivity index (χ1n) is 10.2. The van der Waals surface area contributed by atoms with Crippen LogP contribution in [0.4, 0.5) is 0 Å². The molecule has 4 nitrogen and oxygen atoms in total. The van der Waals surface area contributed by atoms with Crippen LogP contribution in [-0.4, -0.2) is 24.2 Å². The zero-order chi connectivity index (χ0) is 20.1. The number of ether oxygens (including phenoxy) is 1. The largest absolute Gasteiger partial charge is 0.493 e. The summed E-state index contributed by atoms with van der Waals surface area (Å²) in [5.74, 6) is 2.32. The minimum atomic E-state index is -0.380. The summed E-state index contributed by atoms with van der Waals surface area (Å²) in [5.41, 5.74) is 1.96. The highest BCUT2D eigenvalue weighted by Crippen LogP contribution is 2.51. The maximum Gasteiger partial charge on any atom is 0.220 e. The molecule has 152 valence electrons. The fourth-order valence-corrected chi connectivity index (χ4v) is 4.46. The molecule has 1 fully saturated rings. The Morgan fingerprint density at radius 3 is 2.86 bits per heavy atom. The molecule has 0 bridgehead atoms. The van der Waals surface area contributed by atoms with Crippen molar-refractivity contribution in [2.24, 2.45) is 11.8 Å². The average Bonchev–Trinajstić information content (AvgIpc) is 3.22. The normalized spacial score (nSPS) is 20.4. The molecule has 1 aromatic heterocycles. The topological polar surface area (TPSA) is 58.6 Å². The highest BCUT2D eigenvalue weighted by molar-refractivity contribution is 7.10. The minimum Gasteiger partial charge on any atom is -0.493 e. The van der Waals surface area contributed by atoms with E-state index < -0.39 is 0 Å². The first-order valence-corrected chi connectivity index (χ1v) is 11.1. The van der Waals surface area contributed by atoms with Crippen LogP contribution >= 0.6 is 11.3 Å². The lowest BCUT2D eigenvalue weighted by Gasteiger charge is -2.20. The molecule has 1 aliphatic carbocycles. The van der Waals surface area contributed by atoms with Gasteiger partial charge in [0.25, 0.3) is 0 Å². The first kappa shape index (κ1) is 20.9. The van der Waals surface area contributed by atoms with E-state index in [0.717, 1.165) is 29.7 Å². The Balaban J connectivity index is 1.54. The standard InChI is InChI=1S/C23H31NO3S/c1-4-15(2)14-27-18-7-8-19(16(3)10-18)21(13-25)24-23(26)12-17-11-20(17)22-6-5-9-28-22/h5-10,15,17,20-21,25H,4,11-14H2,1-3H3,(H,24,26). The third-order valence-corrected chi connectivity index (χ3v) is 6.65. The summed E-state index contributed by atoms with van der Waals surface area (Å²) in [5, 5.41) is 14.9. The number of carbonyl (C=O) groups excluding carboxylic acids is 1. The molecule has 2 aromatic rings. The van der Waals surface area contributed by atoms with Crippen molar-refractivity contribution in [2.45, 2.75) is 52.0 Å². The number of thiophene rings is 1. The number of hydrogen-bond donors (Lipinski definition) is 2. The number of hydrogen-bond acceptors (Lipinski definition) is 4. The van der Waals surface area contributed by atoms with Gasteiger partial charge in [-0.2, -0.15) is 0 Å². The third-order valence-electron chi connectivity index (χ3n) is 5.64. The maximum absolute atomic E-state index is 12.5. The minimum absolute atomic E-state index is 0.0135. The number of aliphatic hydroxyl groups excluding tert-OH is 1. The Hall–Kier alpha value is -1.85. The van der Waals surface area contributed by atoms with E-state index in [-0.39, 0.29) is 18.6 Å². The van der Waals surface area contributed by atoms with Crippen LogP contribution in [0.15, 0.2) is 35.7 Å². The number of carbonyl (C=O) groups is 1. The van der Waals surface area contributed by atoms with Crippen molar-refractivity contribution in [2.75, 3.05) is 13.2 Å². The van der Waals surface area contributed by atoms with Gasteiger partial charge in [-0.05, 0) is 65.8 Å². The Labute approximate surface area is 171 Å². The lowest BCUT2D eigenvalue weighted by Crippen LogP contribution is -2.31. The Kier molecular flexibility index (Phi) is 7.13. The second kappa shape index (κ2) is 9.57. The van der Waals surface area contributed by atoms with Crippen LogP contribution in [-0.2, 0) is 4.79 Å². The zero-order valence-electron chi connectivity index (χ0n) is 17.0. The molecule has 28 heavy (non-hydrogen) atoms. The van der Waals surface area contributed by atoms with E-state index in [0.29, 0.717) is 30.8 Å². The van der Waals surface area contributed by atoms with E-state index in [1.165, 1.54) is 4.88 Å². The van der Waals surface area contributed by atoms with Crippen molar-refractivity contribution in [3.05, 3.63) is 51.7 Å². The summed E-state index contributed by atoms with van der Waals surface area (Å²) in [6.07, 6.45) is 2.69. The van der Waals surface area contributed by atoms with Gasteiger partial charge in [-0.3, -0.25) is 4.79 Å². The van der Waals surface area contributed by atoms with Gasteiger partial charge in [0.05, 0.1) is 19.3 Å². The van der Waals surface area contributed by atoms with Gasteiger partial charge in [0.1, 0.15) is 5.75 Å². The van der Waals surface area contributed by atoms with Crippen LogP contribution in [0.5, 0.6) is 5.75 Å². The molecular weight excluding hydrogens is 370 g/mol. The molecule has 1 aliphatic rings. The van der Waals surface area contributed by atoms with E-state index in [4.69, 9.17) is 4.74 Å². The summed E-state index contributed by atoms with van der Waals surface area (Å²) >= 11 is 1.77. The van der Waals surface area contributed by atoms with E-state index in [9.17, 15) is 9.90 Å². The molecule has 4 unspecified atom stereocenters. The molecule has 3 rings (SSSR count). The molecular formula is C23H31NO3S. The van der Waals surface area contributed by atoms with Crippen LogP contribution in [0.25, 0.3) is 0 Å². The predicted octanol–water partition coefficient (Wildman–Crippen LogP) is 4.82. The molecule has 1 aromatic carbocycles. The number of nitrogens with one attached hydrogen (secondary N) is 1. The molecule has 1 saturated carbocycles. The fraction of sp³-hybridized carbons (Fsp3) is 0.522. The van der Waals surface area contributed by atoms with Crippen molar-refractivity contribution in [3.8, 4) is 5.75 Å². The van der Waals surface area contributed by atoms with Gasteiger partial charge in [0, 0.05) is 11.3 Å². The van der Waals surface area contributed by atoms with Crippen molar-refractivity contribution in [1.82, 2.24) is 5.32 Å². The van der Waals surface area contributed by atoms with E-state index >= 15 is 0 Å². The number of amides is 1. The first-order chi connectivity index (χ1) is 13.5. The van der Waals surface area contributed by atoms with Gasteiger partial charge in [0.15, 0.2) is 0 Å². The summed E-state index contributed by atoms with van der Waals surface area (Å²) in [7, 11) is 0. The summed E-state index contributed by atoms with van der Waals surface area (Å²) < 4.78 is 5.85. The van der Waals surface area contributed by atoms with Crippen molar-refractivity contribution in [1.29, 1.82) is 0 Å².